The predicted octanol–water partition coefficient (Wildman–Crippen LogP) is 0.796. The SMILES string of the molecule is CCC(O)CC1CC(NCC2CC2)CN(CCN)C1. The Morgan fingerprint density at radius 1 is 1.32 bits per heavy atom. The van der Waals surface area contributed by atoms with Crippen LogP contribution in [-0.2, 0) is 0 Å². The minimum absolute atomic E-state index is 0.132. The molecule has 0 radical (unpaired) electrons. The van der Waals surface area contributed by atoms with Crippen LogP contribution in [0, 0.1) is 11.8 Å². The summed E-state index contributed by atoms with van der Waals surface area (Å²) in [5.41, 5.74) is 5.70. The van der Waals surface area contributed by atoms with Gasteiger partial charge in [-0.25, -0.2) is 0 Å². The van der Waals surface area contributed by atoms with Crippen molar-refractivity contribution < 1.29 is 5.11 Å². The third-order valence-corrected chi connectivity index (χ3v) is 4.53. The summed E-state index contributed by atoms with van der Waals surface area (Å²) in [6, 6.07) is 0.593. The van der Waals surface area contributed by atoms with Crippen molar-refractivity contribution in [3.8, 4) is 0 Å². The lowest BCUT2D eigenvalue weighted by atomic mass is 9.88. The van der Waals surface area contributed by atoms with Gasteiger partial charge in [-0.3, -0.25) is 0 Å². The molecule has 0 bridgehead atoms. The summed E-state index contributed by atoms with van der Waals surface area (Å²) in [4.78, 5) is 2.47. The van der Waals surface area contributed by atoms with Gasteiger partial charge >= 0.3 is 0 Å². The topological polar surface area (TPSA) is 61.5 Å². The molecule has 1 heterocycles. The molecule has 4 heteroatoms. The summed E-state index contributed by atoms with van der Waals surface area (Å²) in [7, 11) is 0. The van der Waals surface area contributed by atoms with E-state index < -0.39 is 0 Å². The molecular formula is C15H31N3O. The largest absolute Gasteiger partial charge is 0.393 e. The average molecular weight is 269 g/mol. The number of rotatable bonds is 8. The maximum Gasteiger partial charge on any atom is 0.0540 e. The van der Waals surface area contributed by atoms with E-state index in [1.54, 1.807) is 0 Å². The highest BCUT2D eigenvalue weighted by atomic mass is 16.3. The van der Waals surface area contributed by atoms with Crippen molar-refractivity contribution >= 4 is 0 Å². The summed E-state index contributed by atoms with van der Waals surface area (Å²) in [6.07, 6.45) is 5.71. The van der Waals surface area contributed by atoms with Gasteiger partial charge in [0.05, 0.1) is 6.10 Å². The molecule has 1 saturated carbocycles. The summed E-state index contributed by atoms with van der Waals surface area (Å²) < 4.78 is 0. The predicted molar refractivity (Wildman–Crippen MR) is 79.0 cm³/mol. The Kier molecular flexibility index (Phi) is 6.07. The van der Waals surface area contributed by atoms with Crippen LogP contribution in [-0.4, -0.2) is 54.9 Å². The first-order chi connectivity index (χ1) is 9.21. The number of hydrogen-bond donors (Lipinski definition) is 3. The molecule has 3 unspecified atom stereocenters. The van der Waals surface area contributed by atoms with E-state index >= 15 is 0 Å². The molecule has 2 fully saturated rings. The molecule has 112 valence electrons. The van der Waals surface area contributed by atoms with Gasteiger partial charge in [0.25, 0.3) is 0 Å². The highest BCUT2D eigenvalue weighted by molar-refractivity contribution is 4.86. The molecule has 0 amide bonds. The zero-order chi connectivity index (χ0) is 13.7. The molecule has 1 saturated heterocycles. The van der Waals surface area contributed by atoms with E-state index in [-0.39, 0.29) is 6.10 Å². The summed E-state index contributed by atoms with van der Waals surface area (Å²) in [5.74, 6) is 1.55. The second kappa shape index (κ2) is 7.58. The van der Waals surface area contributed by atoms with Gasteiger partial charge in [-0.05, 0) is 50.5 Å². The molecule has 2 aliphatic rings. The molecule has 0 aromatic heterocycles. The lowest BCUT2D eigenvalue weighted by Gasteiger charge is -2.39. The Labute approximate surface area is 117 Å². The molecule has 1 aliphatic carbocycles. The van der Waals surface area contributed by atoms with E-state index in [1.165, 1.54) is 25.8 Å². The van der Waals surface area contributed by atoms with Crippen molar-refractivity contribution in [1.29, 1.82) is 0 Å². The van der Waals surface area contributed by atoms with Gasteiger partial charge in [0.2, 0.25) is 0 Å². The van der Waals surface area contributed by atoms with Crippen molar-refractivity contribution in [2.75, 3.05) is 32.7 Å². The molecule has 4 nitrogen and oxygen atoms in total. The van der Waals surface area contributed by atoms with Crippen LogP contribution < -0.4 is 11.1 Å². The number of nitrogens with one attached hydrogen (secondary N) is 1. The summed E-state index contributed by atoms with van der Waals surface area (Å²) in [6.45, 7) is 7.20. The fraction of sp³-hybridized carbons (Fsp3) is 1.00. The normalized spacial score (nSPS) is 30.5. The molecule has 3 atom stereocenters. The van der Waals surface area contributed by atoms with Crippen molar-refractivity contribution in [1.82, 2.24) is 10.2 Å². The molecule has 4 N–H and O–H groups in total. The smallest absolute Gasteiger partial charge is 0.0540 e. The second-order valence-electron chi connectivity index (χ2n) is 6.50. The Morgan fingerprint density at radius 2 is 2.11 bits per heavy atom. The number of aliphatic hydroxyl groups excluding tert-OH is 1. The first-order valence-corrected chi connectivity index (χ1v) is 8.05. The van der Waals surface area contributed by atoms with Gasteiger partial charge in [-0.2, -0.15) is 0 Å². The highest BCUT2D eigenvalue weighted by Crippen LogP contribution is 2.28. The molecule has 0 aromatic carbocycles. The first-order valence-electron chi connectivity index (χ1n) is 8.05. The summed E-state index contributed by atoms with van der Waals surface area (Å²) in [5, 5.41) is 13.6. The standard InChI is InChI=1S/C15H31N3O/c1-2-15(19)8-13-7-14(17-9-12-3-4-12)11-18(10-13)6-5-16/h12-15,17,19H,2-11,16H2,1H3. The lowest BCUT2D eigenvalue weighted by molar-refractivity contribution is 0.0850. The van der Waals surface area contributed by atoms with Crippen LogP contribution in [0.3, 0.4) is 0 Å². The minimum Gasteiger partial charge on any atom is -0.393 e. The van der Waals surface area contributed by atoms with E-state index in [4.69, 9.17) is 5.73 Å². The van der Waals surface area contributed by atoms with Crippen molar-refractivity contribution in [2.24, 2.45) is 17.6 Å². The zero-order valence-corrected chi connectivity index (χ0v) is 12.4. The fourth-order valence-corrected chi connectivity index (χ4v) is 3.19. The van der Waals surface area contributed by atoms with E-state index in [9.17, 15) is 5.11 Å². The minimum atomic E-state index is -0.132. The summed E-state index contributed by atoms with van der Waals surface area (Å²) >= 11 is 0. The maximum atomic E-state index is 9.88. The Morgan fingerprint density at radius 3 is 2.74 bits per heavy atom. The molecule has 2 rings (SSSR count). The van der Waals surface area contributed by atoms with Crippen LogP contribution in [0.25, 0.3) is 0 Å². The lowest BCUT2D eigenvalue weighted by Crippen LogP contribution is -2.51. The number of hydrogen-bond acceptors (Lipinski definition) is 4. The van der Waals surface area contributed by atoms with Crippen LogP contribution in [0.4, 0.5) is 0 Å². The number of nitrogens with two attached hydrogens (primary N) is 1. The maximum absolute atomic E-state index is 9.88. The Bertz CT molecular complexity index is 258. The molecule has 0 spiro atoms. The van der Waals surface area contributed by atoms with Gasteiger partial charge in [0, 0.05) is 32.2 Å². The number of piperidine rings is 1. The zero-order valence-electron chi connectivity index (χ0n) is 12.4. The van der Waals surface area contributed by atoms with Crippen LogP contribution >= 0.6 is 0 Å². The van der Waals surface area contributed by atoms with E-state index in [0.717, 1.165) is 44.9 Å². The van der Waals surface area contributed by atoms with Crippen molar-refractivity contribution in [3.05, 3.63) is 0 Å². The van der Waals surface area contributed by atoms with Gasteiger partial charge in [0.1, 0.15) is 0 Å². The molecular weight excluding hydrogens is 238 g/mol. The molecule has 19 heavy (non-hydrogen) atoms. The third kappa shape index (κ3) is 5.38. The molecule has 1 aliphatic heterocycles. The fourth-order valence-electron chi connectivity index (χ4n) is 3.19. The van der Waals surface area contributed by atoms with Crippen molar-refractivity contribution in [3.63, 3.8) is 0 Å². The monoisotopic (exact) mass is 269 g/mol. The van der Waals surface area contributed by atoms with E-state index in [1.807, 2.05) is 0 Å². The van der Waals surface area contributed by atoms with Gasteiger partial charge < -0.3 is 21.1 Å². The van der Waals surface area contributed by atoms with Gasteiger partial charge in [-0.15, -0.1) is 0 Å². The highest BCUT2D eigenvalue weighted by Gasteiger charge is 2.29. The van der Waals surface area contributed by atoms with Crippen LogP contribution in [0.2, 0.25) is 0 Å². The quantitative estimate of drug-likeness (QED) is 0.610. The van der Waals surface area contributed by atoms with E-state index in [2.05, 4.69) is 17.1 Å². The van der Waals surface area contributed by atoms with Crippen LogP contribution in [0.1, 0.15) is 39.0 Å². The first kappa shape index (κ1) is 15.2. The second-order valence-corrected chi connectivity index (χ2v) is 6.50. The van der Waals surface area contributed by atoms with Crippen LogP contribution in [0.5, 0.6) is 0 Å². The van der Waals surface area contributed by atoms with Gasteiger partial charge in [0.15, 0.2) is 0 Å². The molecule has 0 aromatic rings. The Balaban J connectivity index is 1.79. The number of nitrogens with zero attached hydrogens (tertiary/aromatic N) is 1. The Hall–Kier alpha value is -0.160. The number of likely N-dealkylation sites (tertiary alicyclic amines) is 1. The third-order valence-electron chi connectivity index (χ3n) is 4.53. The van der Waals surface area contributed by atoms with E-state index in [0.29, 0.717) is 12.0 Å². The van der Waals surface area contributed by atoms with Crippen LogP contribution in [0.15, 0.2) is 0 Å². The number of aliphatic hydroxyl groups is 1. The van der Waals surface area contributed by atoms with Gasteiger partial charge in [-0.1, -0.05) is 6.92 Å². The average Bonchev–Trinajstić information content (AvgIpc) is 3.20. The van der Waals surface area contributed by atoms with Crippen molar-refractivity contribution in [2.45, 2.75) is 51.2 Å².